The molecule has 0 saturated heterocycles. The third-order valence-electron chi connectivity index (χ3n) is 3.06. The number of hydrogen-bond donors (Lipinski definition) is 2. The number of hydrogen-bond acceptors (Lipinski definition) is 4. The second-order valence-electron chi connectivity index (χ2n) is 4.86. The molecule has 0 aliphatic rings. The highest BCUT2D eigenvalue weighted by Crippen LogP contribution is 2.17. The van der Waals surface area contributed by atoms with Crippen LogP contribution in [0.5, 0.6) is 0 Å². The molecule has 0 aromatic heterocycles. The molecule has 20 heavy (non-hydrogen) atoms. The summed E-state index contributed by atoms with van der Waals surface area (Å²) in [4.78, 5) is 22.4. The Labute approximate surface area is 118 Å². The van der Waals surface area contributed by atoms with Crippen molar-refractivity contribution in [3.8, 4) is 0 Å². The van der Waals surface area contributed by atoms with Gasteiger partial charge in [0.05, 0.1) is 4.92 Å². The van der Waals surface area contributed by atoms with Crippen molar-refractivity contribution in [3.05, 3.63) is 39.4 Å². The van der Waals surface area contributed by atoms with Crippen LogP contribution in [0.2, 0.25) is 0 Å². The van der Waals surface area contributed by atoms with Crippen LogP contribution in [0.15, 0.2) is 18.2 Å². The summed E-state index contributed by atoms with van der Waals surface area (Å²) in [7, 11) is 0. The molecule has 0 bridgehead atoms. The average molecular weight is 279 g/mol. The summed E-state index contributed by atoms with van der Waals surface area (Å²) in [6.07, 6.45) is 2.82. The van der Waals surface area contributed by atoms with Crippen molar-refractivity contribution in [3.63, 3.8) is 0 Å². The van der Waals surface area contributed by atoms with Crippen LogP contribution in [-0.2, 0) is 0 Å². The maximum Gasteiger partial charge on any atom is 0.270 e. The van der Waals surface area contributed by atoms with Crippen molar-refractivity contribution in [1.82, 2.24) is 5.32 Å². The zero-order valence-electron chi connectivity index (χ0n) is 11.9. The lowest BCUT2D eigenvalue weighted by molar-refractivity contribution is -0.384. The maximum absolute atomic E-state index is 12.1. The number of unbranched alkanes of at least 4 members (excludes halogenated alkanes) is 1. The fourth-order valence-electron chi connectivity index (χ4n) is 1.97. The number of rotatable bonds is 7. The first-order valence-corrected chi connectivity index (χ1v) is 6.75. The van der Waals surface area contributed by atoms with Gasteiger partial charge in [-0.15, -0.1) is 0 Å². The van der Waals surface area contributed by atoms with Crippen molar-refractivity contribution in [1.29, 1.82) is 0 Å². The molecular weight excluding hydrogens is 258 g/mol. The van der Waals surface area contributed by atoms with Crippen molar-refractivity contribution >= 4 is 11.6 Å². The number of amides is 1. The van der Waals surface area contributed by atoms with Crippen molar-refractivity contribution in [2.45, 2.75) is 39.2 Å². The number of nitrogens with zero attached hydrogens (tertiary/aromatic N) is 1. The van der Waals surface area contributed by atoms with E-state index in [0.29, 0.717) is 17.7 Å². The Hall–Kier alpha value is -1.95. The van der Waals surface area contributed by atoms with E-state index in [1.54, 1.807) is 13.0 Å². The molecule has 0 fully saturated rings. The molecule has 1 unspecified atom stereocenters. The molecule has 0 saturated carbocycles. The van der Waals surface area contributed by atoms with E-state index >= 15 is 0 Å². The summed E-state index contributed by atoms with van der Waals surface area (Å²) in [6.45, 7) is 4.15. The number of nitrogens with two attached hydrogens (primary N) is 1. The van der Waals surface area contributed by atoms with Crippen LogP contribution in [0.1, 0.15) is 42.1 Å². The first-order valence-electron chi connectivity index (χ1n) is 6.75. The van der Waals surface area contributed by atoms with Gasteiger partial charge in [-0.1, -0.05) is 19.8 Å². The van der Waals surface area contributed by atoms with Crippen LogP contribution in [0.3, 0.4) is 0 Å². The average Bonchev–Trinajstić information content (AvgIpc) is 2.42. The Balaban J connectivity index is 2.83. The van der Waals surface area contributed by atoms with E-state index in [4.69, 9.17) is 5.73 Å². The zero-order valence-corrected chi connectivity index (χ0v) is 11.9. The second-order valence-corrected chi connectivity index (χ2v) is 4.86. The van der Waals surface area contributed by atoms with Crippen LogP contribution >= 0.6 is 0 Å². The molecule has 110 valence electrons. The van der Waals surface area contributed by atoms with Gasteiger partial charge in [0, 0.05) is 30.3 Å². The van der Waals surface area contributed by atoms with Crippen LogP contribution in [0, 0.1) is 17.0 Å². The van der Waals surface area contributed by atoms with E-state index in [2.05, 4.69) is 12.2 Å². The van der Waals surface area contributed by atoms with Gasteiger partial charge in [-0.3, -0.25) is 14.9 Å². The van der Waals surface area contributed by atoms with Gasteiger partial charge in [-0.2, -0.15) is 0 Å². The van der Waals surface area contributed by atoms with E-state index < -0.39 is 4.92 Å². The van der Waals surface area contributed by atoms with Crippen LogP contribution in [-0.4, -0.2) is 23.4 Å². The van der Waals surface area contributed by atoms with E-state index in [1.807, 2.05) is 0 Å². The molecule has 0 aliphatic carbocycles. The Morgan fingerprint density at radius 2 is 2.15 bits per heavy atom. The first-order chi connectivity index (χ1) is 9.47. The summed E-state index contributed by atoms with van der Waals surface area (Å²) in [5, 5.41) is 13.6. The minimum Gasteiger partial charge on any atom is -0.348 e. The summed E-state index contributed by atoms with van der Waals surface area (Å²) in [5.41, 5.74) is 6.53. The van der Waals surface area contributed by atoms with Gasteiger partial charge in [-0.25, -0.2) is 0 Å². The lowest BCUT2D eigenvalue weighted by atomic mass is 10.1. The number of non-ortho nitro benzene ring substituents is 1. The summed E-state index contributed by atoms with van der Waals surface area (Å²) in [5.74, 6) is -0.316. The molecule has 3 N–H and O–H groups in total. The predicted octanol–water partition coefficient (Wildman–Crippen LogP) is 2.15. The quantitative estimate of drug-likeness (QED) is 0.590. The summed E-state index contributed by atoms with van der Waals surface area (Å²) >= 11 is 0. The van der Waals surface area contributed by atoms with Gasteiger partial charge in [0.1, 0.15) is 0 Å². The monoisotopic (exact) mass is 279 g/mol. The Morgan fingerprint density at radius 1 is 1.45 bits per heavy atom. The number of nitrogens with one attached hydrogen (secondary N) is 1. The summed E-state index contributed by atoms with van der Waals surface area (Å²) < 4.78 is 0. The molecule has 1 aromatic rings. The fraction of sp³-hybridized carbons (Fsp3) is 0.500. The molecule has 6 heteroatoms. The van der Waals surface area contributed by atoms with Gasteiger partial charge in [-0.05, 0) is 25.0 Å². The number of carbonyl (C=O) groups excluding carboxylic acids is 1. The third-order valence-corrected chi connectivity index (χ3v) is 3.06. The van der Waals surface area contributed by atoms with Gasteiger partial charge in [0.2, 0.25) is 0 Å². The maximum atomic E-state index is 12.1. The van der Waals surface area contributed by atoms with Gasteiger partial charge < -0.3 is 11.1 Å². The normalized spacial score (nSPS) is 11.9. The van der Waals surface area contributed by atoms with E-state index in [-0.39, 0.29) is 17.6 Å². The zero-order chi connectivity index (χ0) is 15.1. The lowest BCUT2D eigenvalue weighted by Crippen LogP contribution is -2.40. The molecule has 0 spiro atoms. The van der Waals surface area contributed by atoms with Crippen molar-refractivity contribution < 1.29 is 9.72 Å². The first kappa shape index (κ1) is 16.1. The minimum atomic E-state index is -0.499. The number of aryl methyl sites for hydroxylation is 1. The summed E-state index contributed by atoms with van der Waals surface area (Å²) in [6, 6.07) is 4.27. The standard InChI is InChI=1S/C14H21N3O3/c1-3-4-5-12(9-15)16-14(18)11-6-10(2)7-13(8-11)17(19)20/h6-8,12H,3-5,9,15H2,1-2H3,(H,16,18). The van der Waals surface area contributed by atoms with Crippen LogP contribution in [0.25, 0.3) is 0 Å². The molecule has 0 heterocycles. The molecular formula is C14H21N3O3. The SMILES string of the molecule is CCCCC(CN)NC(=O)c1cc(C)cc([N+](=O)[O-])c1. The third kappa shape index (κ3) is 4.62. The predicted molar refractivity (Wildman–Crippen MR) is 77.7 cm³/mol. The molecule has 1 rings (SSSR count). The molecule has 0 aliphatic heterocycles. The van der Waals surface area contributed by atoms with E-state index in [1.165, 1.54) is 12.1 Å². The van der Waals surface area contributed by atoms with Crippen molar-refractivity contribution in [2.24, 2.45) is 5.73 Å². The van der Waals surface area contributed by atoms with Gasteiger partial charge in [0.15, 0.2) is 0 Å². The van der Waals surface area contributed by atoms with E-state index in [9.17, 15) is 14.9 Å². The number of benzene rings is 1. The highest BCUT2D eigenvalue weighted by Gasteiger charge is 2.16. The number of carbonyl (C=O) groups is 1. The number of nitro groups is 1. The smallest absolute Gasteiger partial charge is 0.270 e. The van der Waals surface area contributed by atoms with Crippen molar-refractivity contribution in [2.75, 3.05) is 6.54 Å². The topological polar surface area (TPSA) is 98.3 Å². The highest BCUT2D eigenvalue weighted by atomic mass is 16.6. The molecule has 0 radical (unpaired) electrons. The molecule has 1 amide bonds. The van der Waals surface area contributed by atoms with Crippen LogP contribution < -0.4 is 11.1 Å². The number of nitro benzene ring substituents is 1. The minimum absolute atomic E-state index is 0.0759. The fourth-order valence-corrected chi connectivity index (χ4v) is 1.97. The lowest BCUT2D eigenvalue weighted by Gasteiger charge is -2.16. The second kappa shape index (κ2) is 7.59. The molecule has 1 aromatic carbocycles. The molecule has 1 atom stereocenters. The Morgan fingerprint density at radius 3 is 2.70 bits per heavy atom. The van der Waals surface area contributed by atoms with Crippen LogP contribution in [0.4, 0.5) is 5.69 Å². The Bertz CT molecular complexity index is 489. The largest absolute Gasteiger partial charge is 0.348 e. The van der Waals surface area contributed by atoms with E-state index in [0.717, 1.165) is 19.3 Å². The molecule has 6 nitrogen and oxygen atoms in total. The highest BCUT2D eigenvalue weighted by molar-refractivity contribution is 5.95. The van der Waals surface area contributed by atoms with Gasteiger partial charge in [0.25, 0.3) is 11.6 Å². The Kier molecular flexibility index (Phi) is 6.11. The van der Waals surface area contributed by atoms with Gasteiger partial charge >= 0.3 is 0 Å².